The van der Waals surface area contributed by atoms with Crippen molar-refractivity contribution in [1.82, 2.24) is 10.6 Å². The third kappa shape index (κ3) is 3.63. The van der Waals surface area contributed by atoms with Gasteiger partial charge in [0.05, 0.1) is 0 Å². The van der Waals surface area contributed by atoms with E-state index in [1.165, 1.54) is 0 Å². The van der Waals surface area contributed by atoms with Crippen molar-refractivity contribution >= 4 is 5.91 Å². The highest BCUT2D eigenvalue weighted by Gasteiger charge is 2.22. The number of fused-ring (bicyclic) bond motifs is 1. The van der Waals surface area contributed by atoms with Crippen LogP contribution in [-0.4, -0.2) is 31.7 Å². The van der Waals surface area contributed by atoms with Gasteiger partial charge in [-0.3, -0.25) is 4.79 Å². The minimum atomic E-state index is 0.141. The largest absolute Gasteiger partial charge is 0.486 e. The zero-order valence-corrected chi connectivity index (χ0v) is 11.5. The van der Waals surface area contributed by atoms with E-state index in [9.17, 15) is 4.79 Å². The molecule has 2 aliphatic rings. The van der Waals surface area contributed by atoms with Crippen molar-refractivity contribution in [3.05, 3.63) is 23.8 Å². The predicted octanol–water partition coefficient (Wildman–Crippen LogP) is 1.22. The number of ether oxygens (including phenoxy) is 2. The Morgan fingerprint density at radius 1 is 1.20 bits per heavy atom. The van der Waals surface area contributed by atoms with Crippen LogP contribution < -0.4 is 20.1 Å². The third-order valence-electron chi connectivity index (χ3n) is 3.41. The van der Waals surface area contributed by atoms with Crippen molar-refractivity contribution in [2.24, 2.45) is 0 Å². The van der Waals surface area contributed by atoms with Gasteiger partial charge in [0, 0.05) is 25.6 Å². The SMILES string of the molecule is O=C(CCNCc1ccc2c(c1)OCCO2)NC1CC1. The van der Waals surface area contributed by atoms with Gasteiger partial charge in [-0.25, -0.2) is 0 Å². The Morgan fingerprint density at radius 2 is 2.00 bits per heavy atom. The van der Waals surface area contributed by atoms with Gasteiger partial charge < -0.3 is 20.1 Å². The summed E-state index contributed by atoms with van der Waals surface area (Å²) in [7, 11) is 0. The first-order valence-corrected chi connectivity index (χ1v) is 7.20. The van der Waals surface area contributed by atoms with Crippen LogP contribution in [0.15, 0.2) is 18.2 Å². The Bertz CT molecular complexity index is 486. The maximum atomic E-state index is 11.5. The number of carbonyl (C=O) groups is 1. The monoisotopic (exact) mass is 276 g/mol. The van der Waals surface area contributed by atoms with Gasteiger partial charge in [-0.15, -0.1) is 0 Å². The van der Waals surface area contributed by atoms with Crippen LogP contribution in [0, 0.1) is 0 Å². The number of carbonyl (C=O) groups excluding carboxylic acids is 1. The molecule has 1 aromatic rings. The average Bonchev–Trinajstić information content (AvgIpc) is 3.27. The van der Waals surface area contributed by atoms with Crippen molar-refractivity contribution in [2.45, 2.75) is 31.8 Å². The quantitative estimate of drug-likeness (QED) is 0.767. The summed E-state index contributed by atoms with van der Waals surface area (Å²) < 4.78 is 11.0. The lowest BCUT2D eigenvalue weighted by Gasteiger charge is -2.19. The van der Waals surface area contributed by atoms with Crippen LogP contribution >= 0.6 is 0 Å². The Balaban J connectivity index is 1.40. The summed E-state index contributed by atoms with van der Waals surface area (Å²) in [5, 5.41) is 6.25. The van der Waals surface area contributed by atoms with Gasteiger partial charge in [0.1, 0.15) is 13.2 Å². The Morgan fingerprint density at radius 3 is 2.80 bits per heavy atom. The molecule has 1 aromatic carbocycles. The van der Waals surface area contributed by atoms with Gasteiger partial charge in [-0.1, -0.05) is 6.07 Å². The molecule has 0 unspecified atom stereocenters. The molecule has 1 aliphatic carbocycles. The normalized spacial score (nSPS) is 16.8. The number of nitrogens with one attached hydrogen (secondary N) is 2. The van der Waals surface area contributed by atoms with Gasteiger partial charge >= 0.3 is 0 Å². The zero-order chi connectivity index (χ0) is 13.8. The molecule has 0 atom stereocenters. The van der Waals surface area contributed by atoms with E-state index in [1.54, 1.807) is 0 Å². The van der Waals surface area contributed by atoms with Crippen LogP contribution in [-0.2, 0) is 11.3 Å². The van der Waals surface area contributed by atoms with E-state index in [2.05, 4.69) is 10.6 Å². The van der Waals surface area contributed by atoms with Crippen LogP contribution in [0.2, 0.25) is 0 Å². The topological polar surface area (TPSA) is 59.6 Å². The summed E-state index contributed by atoms with van der Waals surface area (Å²) in [5.74, 6) is 1.76. The van der Waals surface area contributed by atoms with Gasteiger partial charge in [0.2, 0.25) is 5.91 Å². The fraction of sp³-hybridized carbons (Fsp3) is 0.533. The Hall–Kier alpha value is -1.75. The molecule has 2 N–H and O–H groups in total. The maximum absolute atomic E-state index is 11.5. The molecule has 0 aromatic heterocycles. The highest BCUT2D eigenvalue weighted by molar-refractivity contribution is 5.76. The average molecular weight is 276 g/mol. The van der Waals surface area contributed by atoms with Crippen molar-refractivity contribution < 1.29 is 14.3 Å². The van der Waals surface area contributed by atoms with E-state index in [4.69, 9.17) is 9.47 Å². The van der Waals surface area contributed by atoms with E-state index >= 15 is 0 Å². The predicted molar refractivity (Wildman–Crippen MR) is 74.9 cm³/mol. The number of rotatable bonds is 6. The number of amides is 1. The number of hydrogen-bond acceptors (Lipinski definition) is 4. The molecule has 1 heterocycles. The van der Waals surface area contributed by atoms with Gasteiger partial charge in [0.15, 0.2) is 11.5 Å². The molecule has 108 valence electrons. The van der Waals surface area contributed by atoms with E-state index in [0.29, 0.717) is 32.2 Å². The standard InChI is InChI=1S/C15H20N2O3/c18-15(17-12-2-3-12)5-6-16-10-11-1-4-13-14(9-11)20-8-7-19-13/h1,4,9,12,16H,2-3,5-8,10H2,(H,17,18). The first-order chi connectivity index (χ1) is 9.81. The molecule has 20 heavy (non-hydrogen) atoms. The third-order valence-corrected chi connectivity index (χ3v) is 3.41. The molecule has 0 radical (unpaired) electrons. The van der Waals surface area contributed by atoms with Gasteiger partial charge in [0.25, 0.3) is 0 Å². The second kappa shape index (κ2) is 6.13. The molecular formula is C15H20N2O3. The number of benzene rings is 1. The molecular weight excluding hydrogens is 256 g/mol. The van der Waals surface area contributed by atoms with Gasteiger partial charge in [-0.05, 0) is 30.5 Å². The molecule has 0 bridgehead atoms. The fourth-order valence-electron chi connectivity index (χ4n) is 2.16. The highest BCUT2D eigenvalue weighted by Crippen LogP contribution is 2.30. The highest BCUT2D eigenvalue weighted by atomic mass is 16.6. The number of hydrogen-bond donors (Lipinski definition) is 2. The zero-order valence-electron chi connectivity index (χ0n) is 11.5. The summed E-state index contributed by atoms with van der Waals surface area (Å²) in [6.07, 6.45) is 2.80. The summed E-state index contributed by atoms with van der Waals surface area (Å²) in [6, 6.07) is 6.39. The van der Waals surface area contributed by atoms with Crippen LogP contribution in [0.3, 0.4) is 0 Å². The maximum Gasteiger partial charge on any atom is 0.221 e. The molecule has 5 nitrogen and oxygen atoms in total. The molecule has 1 aliphatic heterocycles. The molecule has 1 saturated carbocycles. The van der Waals surface area contributed by atoms with Gasteiger partial charge in [-0.2, -0.15) is 0 Å². The van der Waals surface area contributed by atoms with Crippen LogP contribution in [0.5, 0.6) is 11.5 Å². The first kappa shape index (κ1) is 13.2. The second-order valence-corrected chi connectivity index (χ2v) is 5.25. The lowest BCUT2D eigenvalue weighted by Crippen LogP contribution is -2.29. The molecule has 3 rings (SSSR count). The minimum Gasteiger partial charge on any atom is -0.486 e. The van der Waals surface area contributed by atoms with Crippen molar-refractivity contribution in [3.8, 4) is 11.5 Å². The summed E-state index contributed by atoms with van der Waals surface area (Å²) >= 11 is 0. The molecule has 1 amide bonds. The Kier molecular flexibility index (Phi) is 4.06. The summed E-state index contributed by atoms with van der Waals surface area (Å²) in [4.78, 5) is 11.5. The van der Waals surface area contributed by atoms with E-state index in [1.807, 2.05) is 18.2 Å². The summed E-state index contributed by atoms with van der Waals surface area (Å²) in [5.41, 5.74) is 1.14. The van der Waals surface area contributed by atoms with E-state index in [0.717, 1.165) is 36.4 Å². The van der Waals surface area contributed by atoms with Crippen molar-refractivity contribution in [2.75, 3.05) is 19.8 Å². The van der Waals surface area contributed by atoms with Crippen molar-refractivity contribution in [1.29, 1.82) is 0 Å². The molecule has 0 saturated heterocycles. The smallest absolute Gasteiger partial charge is 0.221 e. The van der Waals surface area contributed by atoms with Crippen molar-refractivity contribution in [3.63, 3.8) is 0 Å². The van der Waals surface area contributed by atoms with Crippen LogP contribution in [0.25, 0.3) is 0 Å². The fourth-order valence-corrected chi connectivity index (χ4v) is 2.16. The summed E-state index contributed by atoms with van der Waals surface area (Å²) in [6.45, 7) is 2.63. The van der Waals surface area contributed by atoms with E-state index < -0.39 is 0 Å². The second-order valence-electron chi connectivity index (χ2n) is 5.25. The molecule has 0 spiro atoms. The Labute approximate surface area is 118 Å². The molecule has 1 fully saturated rings. The lowest BCUT2D eigenvalue weighted by atomic mass is 10.2. The van der Waals surface area contributed by atoms with E-state index in [-0.39, 0.29) is 5.91 Å². The first-order valence-electron chi connectivity index (χ1n) is 7.20. The molecule has 5 heteroatoms. The van der Waals surface area contributed by atoms with Crippen LogP contribution in [0.1, 0.15) is 24.8 Å². The van der Waals surface area contributed by atoms with Crippen LogP contribution in [0.4, 0.5) is 0 Å². The minimum absolute atomic E-state index is 0.141. The lowest BCUT2D eigenvalue weighted by molar-refractivity contribution is -0.121.